The van der Waals surface area contributed by atoms with Crippen LogP contribution in [0, 0.1) is 0 Å². The van der Waals surface area contributed by atoms with E-state index in [1.807, 2.05) is 36.4 Å². The molecular formula is C20H26N2O2S. The van der Waals surface area contributed by atoms with Gasteiger partial charge in [-0.15, -0.1) is 0 Å². The monoisotopic (exact) mass is 358 g/mol. The fraction of sp³-hybridized carbons (Fsp3) is 0.400. The summed E-state index contributed by atoms with van der Waals surface area (Å²) in [6.07, 6.45) is 2.44. The number of nitrogens with one attached hydrogen (secondary N) is 1. The SMILES string of the molecule is CC(C)(C)c1ccc(S(=O)(=O)Nc2ccc(N3CCCC3)cc2)cc1. The van der Waals surface area contributed by atoms with E-state index in [0.29, 0.717) is 5.69 Å². The first-order chi connectivity index (χ1) is 11.8. The molecule has 0 atom stereocenters. The molecule has 0 bridgehead atoms. The molecule has 0 aromatic heterocycles. The fourth-order valence-corrected chi connectivity index (χ4v) is 4.12. The lowest BCUT2D eigenvalue weighted by molar-refractivity contribution is 0.587. The predicted octanol–water partition coefficient (Wildman–Crippen LogP) is 4.39. The molecule has 0 unspecified atom stereocenters. The second-order valence-electron chi connectivity index (χ2n) is 7.62. The molecule has 1 aliphatic heterocycles. The fourth-order valence-electron chi connectivity index (χ4n) is 3.06. The molecule has 4 nitrogen and oxygen atoms in total. The lowest BCUT2D eigenvalue weighted by Gasteiger charge is -2.19. The van der Waals surface area contributed by atoms with Crippen LogP contribution in [0.25, 0.3) is 0 Å². The Morgan fingerprint density at radius 2 is 1.44 bits per heavy atom. The summed E-state index contributed by atoms with van der Waals surface area (Å²) in [5, 5.41) is 0. The van der Waals surface area contributed by atoms with Crippen LogP contribution in [0.3, 0.4) is 0 Å². The van der Waals surface area contributed by atoms with Gasteiger partial charge in [-0.2, -0.15) is 0 Å². The molecule has 1 saturated heterocycles. The van der Waals surface area contributed by atoms with E-state index in [9.17, 15) is 8.42 Å². The van der Waals surface area contributed by atoms with Gasteiger partial charge in [-0.1, -0.05) is 32.9 Å². The van der Waals surface area contributed by atoms with Crippen molar-refractivity contribution in [3.8, 4) is 0 Å². The van der Waals surface area contributed by atoms with Gasteiger partial charge >= 0.3 is 0 Å². The van der Waals surface area contributed by atoms with Gasteiger partial charge in [0, 0.05) is 24.5 Å². The second-order valence-corrected chi connectivity index (χ2v) is 9.30. The highest BCUT2D eigenvalue weighted by Crippen LogP contribution is 2.26. The van der Waals surface area contributed by atoms with Gasteiger partial charge in [0.1, 0.15) is 0 Å². The lowest BCUT2D eigenvalue weighted by Crippen LogP contribution is -2.17. The minimum atomic E-state index is -3.57. The Bertz CT molecular complexity index is 813. The third kappa shape index (κ3) is 4.15. The van der Waals surface area contributed by atoms with Gasteiger partial charge in [-0.05, 0) is 60.2 Å². The number of nitrogens with zero attached hydrogens (tertiary/aromatic N) is 1. The van der Waals surface area contributed by atoms with Crippen molar-refractivity contribution in [1.29, 1.82) is 0 Å². The topological polar surface area (TPSA) is 49.4 Å². The average molecular weight is 359 g/mol. The summed E-state index contributed by atoms with van der Waals surface area (Å²) in [5.41, 5.74) is 2.85. The van der Waals surface area contributed by atoms with Crippen molar-refractivity contribution in [2.45, 2.75) is 43.9 Å². The number of benzene rings is 2. The maximum atomic E-state index is 12.6. The summed E-state index contributed by atoms with van der Waals surface area (Å²) >= 11 is 0. The Morgan fingerprint density at radius 1 is 0.880 bits per heavy atom. The summed E-state index contributed by atoms with van der Waals surface area (Å²) in [6, 6.07) is 14.7. The van der Waals surface area contributed by atoms with Crippen LogP contribution in [-0.2, 0) is 15.4 Å². The zero-order chi connectivity index (χ0) is 18.1. The summed E-state index contributed by atoms with van der Waals surface area (Å²) in [4.78, 5) is 2.60. The van der Waals surface area contributed by atoms with Crippen LogP contribution in [0.1, 0.15) is 39.2 Å². The first kappa shape index (κ1) is 17.8. The summed E-state index contributed by atoms with van der Waals surface area (Å²) < 4.78 is 27.8. The molecule has 5 heteroatoms. The van der Waals surface area contributed by atoms with Gasteiger partial charge < -0.3 is 4.90 Å². The number of rotatable bonds is 4. The van der Waals surface area contributed by atoms with Gasteiger partial charge in [0.05, 0.1) is 4.90 Å². The molecule has 1 heterocycles. The van der Waals surface area contributed by atoms with Crippen LogP contribution in [0.4, 0.5) is 11.4 Å². The van der Waals surface area contributed by atoms with Crippen molar-refractivity contribution in [1.82, 2.24) is 0 Å². The summed E-state index contributed by atoms with van der Waals surface area (Å²) in [7, 11) is -3.57. The molecule has 2 aromatic rings. The standard InChI is InChI=1S/C20H26N2O2S/c1-20(2,3)16-6-12-19(13-7-16)25(23,24)21-17-8-10-18(11-9-17)22-14-4-5-15-22/h6-13,21H,4-5,14-15H2,1-3H3. The molecule has 1 aliphatic rings. The normalized spacial score (nSPS) is 15.4. The molecule has 25 heavy (non-hydrogen) atoms. The molecular weight excluding hydrogens is 332 g/mol. The van der Waals surface area contributed by atoms with Crippen LogP contribution in [0.15, 0.2) is 53.4 Å². The molecule has 3 rings (SSSR count). The van der Waals surface area contributed by atoms with Crippen LogP contribution in [-0.4, -0.2) is 21.5 Å². The minimum absolute atomic E-state index is 0.00111. The van der Waals surface area contributed by atoms with E-state index in [4.69, 9.17) is 0 Å². The van der Waals surface area contributed by atoms with E-state index in [1.165, 1.54) is 12.8 Å². The van der Waals surface area contributed by atoms with Gasteiger partial charge in [0.15, 0.2) is 0 Å². The zero-order valence-corrected chi connectivity index (χ0v) is 15.9. The van der Waals surface area contributed by atoms with E-state index in [2.05, 4.69) is 30.4 Å². The average Bonchev–Trinajstić information content (AvgIpc) is 3.09. The third-order valence-electron chi connectivity index (χ3n) is 4.62. The van der Waals surface area contributed by atoms with Gasteiger partial charge in [0.2, 0.25) is 0 Å². The van der Waals surface area contributed by atoms with E-state index in [-0.39, 0.29) is 10.3 Å². The van der Waals surface area contributed by atoms with Crippen molar-refractivity contribution in [2.24, 2.45) is 0 Å². The predicted molar refractivity (Wildman–Crippen MR) is 104 cm³/mol. The first-order valence-corrected chi connectivity index (χ1v) is 10.2. The highest BCUT2D eigenvalue weighted by atomic mass is 32.2. The number of anilines is 2. The zero-order valence-electron chi connectivity index (χ0n) is 15.1. The van der Waals surface area contributed by atoms with Crippen molar-refractivity contribution in [2.75, 3.05) is 22.7 Å². The molecule has 1 fully saturated rings. The van der Waals surface area contributed by atoms with E-state index < -0.39 is 10.0 Å². The van der Waals surface area contributed by atoms with Gasteiger partial charge in [-0.25, -0.2) is 8.42 Å². The largest absolute Gasteiger partial charge is 0.372 e. The van der Waals surface area contributed by atoms with Gasteiger partial charge in [-0.3, -0.25) is 4.72 Å². The first-order valence-electron chi connectivity index (χ1n) is 8.74. The highest BCUT2D eigenvalue weighted by molar-refractivity contribution is 7.92. The number of hydrogen-bond acceptors (Lipinski definition) is 3. The van der Waals surface area contributed by atoms with Crippen molar-refractivity contribution in [3.05, 3.63) is 54.1 Å². The Morgan fingerprint density at radius 3 is 1.96 bits per heavy atom. The molecule has 134 valence electrons. The Kier molecular flexibility index (Phi) is 4.78. The third-order valence-corrected chi connectivity index (χ3v) is 6.02. The summed E-state index contributed by atoms with van der Waals surface area (Å²) in [6.45, 7) is 8.47. The maximum Gasteiger partial charge on any atom is 0.261 e. The van der Waals surface area contributed by atoms with Crippen LogP contribution < -0.4 is 9.62 Å². The molecule has 2 aromatic carbocycles. The molecule has 1 N–H and O–H groups in total. The molecule has 0 radical (unpaired) electrons. The highest BCUT2D eigenvalue weighted by Gasteiger charge is 2.18. The van der Waals surface area contributed by atoms with Crippen molar-refractivity contribution < 1.29 is 8.42 Å². The number of sulfonamides is 1. The lowest BCUT2D eigenvalue weighted by atomic mass is 9.87. The second kappa shape index (κ2) is 6.71. The number of hydrogen-bond donors (Lipinski definition) is 1. The minimum Gasteiger partial charge on any atom is -0.372 e. The van der Waals surface area contributed by atoms with E-state index in [1.54, 1.807) is 12.1 Å². The molecule has 0 amide bonds. The quantitative estimate of drug-likeness (QED) is 0.882. The maximum absolute atomic E-state index is 12.6. The van der Waals surface area contributed by atoms with E-state index >= 15 is 0 Å². The van der Waals surface area contributed by atoms with Gasteiger partial charge in [0.25, 0.3) is 10.0 Å². The van der Waals surface area contributed by atoms with Crippen LogP contribution in [0.2, 0.25) is 0 Å². The molecule has 0 spiro atoms. The van der Waals surface area contributed by atoms with Crippen molar-refractivity contribution >= 4 is 21.4 Å². The Balaban J connectivity index is 1.74. The molecule has 0 saturated carbocycles. The smallest absolute Gasteiger partial charge is 0.261 e. The van der Waals surface area contributed by atoms with Crippen LogP contribution >= 0.6 is 0 Å². The Labute approximate surface area is 150 Å². The summed E-state index contributed by atoms with van der Waals surface area (Å²) in [5.74, 6) is 0. The van der Waals surface area contributed by atoms with E-state index in [0.717, 1.165) is 24.3 Å². The Hall–Kier alpha value is -2.01. The van der Waals surface area contributed by atoms with Crippen LogP contribution in [0.5, 0.6) is 0 Å². The van der Waals surface area contributed by atoms with Crippen molar-refractivity contribution in [3.63, 3.8) is 0 Å². The molecule has 0 aliphatic carbocycles.